The van der Waals surface area contributed by atoms with Crippen molar-refractivity contribution in [2.24, 2.45) is 17.8 Å². The van der Waals surface area contributed by atoms with Gasteiger partial charge in [0.05, 0.1) is 5.92 Å². The smallest absolute Gasteiger partial charge is 0.306 e. The van der Waals surface area contributed by atoms with E-state index >= 15 is 0 Å². The summed E-state index contributed by atoms with van der Waals surface area (Å²) in [5.41, 5.74) is 0. The molecule has 2 saturated heterocycles. The van der Waals surface area contributed by atoms with Crippen LogP contribution in [-0.2, 0) is 9.59 Å². The van der Waals surface area contributed by atoms with Crippen LogP contribution >= 0.6 is 0 Å². The fraction of sp³-hybridized carbons (Fsp3) is 0.800. The van der Waals surface area contributed by atoms with Crippen molar-refractivity contribution >= 4 is 11.9 Å². The molecule has 1 amide bonds. The van der Waals surface area contributed by atoms with Crippen LogP contribution in [0.2, 0.25) is 0 Å². The SMILES string of the molecule is O=C(O)C1CCN2C(=O)[C@H]3C[C@H]3C2C1. The molecule has 4 heteroatoms. The highest BCUT2D eigenvalue weighted by molar-refractivity contribution is 5.85. The van der Waals surface area contributed by atoms with Gasteiger partial charge in [0.15, 0.2) is 0 Å². The molecule has 0 radical (unpaired) electrons. The van der Waals surface area contributed by atoms with Gasteiger partial charge < -0.3 is 10.0 Å². The molecule has 76 valence electrons. The summed E-state index contributed by atoms with van der Waals surface area (Å²) in [6, 6.07) is 0.252. The second-order valence-corrected chi connectivity index (χ2v) is 4.66. The molecule has 2 unspecified atom stereocenters. The molecule has 4 nitrogen and oxygen atoms in total. The van der Waals surface area contributed by atoms with E-state index in [2.05, 4.69) is 0 Å². The van der Waals surface area contributed by atoms with Crippen molar-refractivity contribution < 1.29 is 14.7 Å². The summed E-state index contributed by atoms with van der Waals surface area (Å²) in [7, 11) is 0. The Bertz CT molecular complexity index is 314. The van der Waals surface area contributed by atoms with Crippen LogP contribution in [0.25, 0.3) is 0 Å². The molecule has 3 aliphatic rings. The fourth-order valence-electron chi connectivity index (χ4n) is 3.04. The number of carbonyl (C=O) groups is 2. The van der Waals surface area contributed by atoms with Crippen LogP contribution in [0.1, 0.15) is 19.3 Å². The standard InChI is InChI=1S/C10H13NO3/c12-9-7-4-6(7)8-3-5(10(13)14)1-2-11(8)9/h5-8H,1-4H2,(H,13,14)/t5?,6-,7+,8?/m1/s1. The van der Waals surface area contributed by atoms with Crippen LogP contribution in [0.5, 0.6) is 0 Å². The van der Waals surface area contributed by atoms with Crippen molar-refractivity contribution in [3.63, 3.8) is 0 Å². The van der Waals surface area contributed by atoms with E-state index in [0.717, 1.165) is 6.42 Å². The van der Waals surface area contributed by atoms with E-state index in [-0.39, 0.29) is 23.8 Å². The van der Waals surface area contributed by atoms with Crippen molar-refractivity contribution in [2.45, 2.75) is 25.3 Å². The monoisotopic (exact) mass is 195 g/mol. The molecule has 1 saturated carbocycles. The second kappa shape index (κ2) is 2.49. The molecule has 0 aromatic heterocycles. The van der Waals surface area contributed by atoms with Gasteiger partial charge in [-0.2, -0.15) is 0 Å². The summed E-state index contributed by atoms with van der Waals surface area (Å²) >= 11 is 0. The molecule has 14 heavy (non-hydrogen) atoms. The summed E-state index contributed by atoms with van der Waals surface area (Å²) in [5.74, 6) is 0.116. The Kier molecular flexibility index (Phi) is 1.47. The Morgan fingerprint density at radius 1 is 1.43 bits per heavy atom. The maximum atomic E-state index is 11.6. The minimum absolute atomic E-state index is 0.219. The van der Waals surface area contributed by atoms with Gasteiger partial charge in [0, 0.05) is 18.5 Å². The lowest BCUT2D eigenvalue weighted by Crippen LogP contribution is -2.44. The fourth-order valence-corrected chi connectivity index (χ4v) is 3.04. The van der Waals surface area contributed by atoms with Crippen molar-refractivity contribution in [3.05, 3.63) is 0 Å². The summed E-state index contributed by atoms with van der Waals surface area (Å²) in [5, 5.41) is 8.92. The van der Waals surface area contributed by atoms with E-state index in [1.54, 1.807) is 0 Å². The van der Waals surface area contributed by atoms with Gasteiger partial charge in [-0.05, 0) is 25.2 Å². The van der Waals surface area contributed by atoms with Gasteiger partial charge in [0.25, 0.3) is 0 Å². The Balaban J connectivity index is 1.78. The van der Waals surface area contributed by atoms with Crippen LogP contribution in [-0.4, -0.2) is 34.5 Å². The van der Waals surface area contributed by atoms with Crippen LogP contribution in [0.15, 0.2) is 0 Å². The number of hydrogen-bond acceptors (Lipinski definition) is 2. The zero-order valence-electron chi connectivity index (χ0n) is 7.85. The number of carboxylic acid groups (broad SMARTS) is 1. The number of aliphatic carboxylic acids is 1. The molecule has 0 aromatic carbocycles. The number of nitrogens with zero attached hydrogens (tertiary/aromatic N) is 1. The molecular formula is C10H13NO3. The highest BCUT2D eigenvalue weighted by Crippen LogP contribution is 2.53. The van der Waals surface area contributed by atoms with E-state index in [9.17, 15) is 9.59 Å². The average molecular weight is 195 g/mol. The van der Waals surface area contributed by atoms with Gasteiger partial charge in [-0.25, -0.2) is 0 Å². The summed E-state index contributed by atoms with van der Waals surface area (Å²) < 4.78 is 0. The topological polar surface area (TPSA) is 57.6 Å². The predicted octanol–water partition coefficient (Wildman–Crippen LogP) is 0.328. The zero-order chi connectivity index (χ0) is 9.87. The van der Waals surface area contributed by atoms with Gasteiger partial charge in [0.2, 0.25) is 5.91 Å². The first-order chi connectivity index (χ1) is 6.68. The first-order valence-corrected chi connectivity index (χ1v) is 5.22. The molecule has 0 bridgehead atoms. The third-order valence-electron chi connectivity index (χ3n) is 3.93. The quantitative estimate of drug-likeness (QED) is 0.656. The zero-order valence-corrected chi connectivity index (χ0v) is 7.85. The second-order valence-electron chi connectivity index (χ2n) is 4.66. The predicted molar refractivity (Wildman–Crippen MR) is 47.5 cm³/mol. The number of piperidine rings is 2. The summed E-state index contributed by atoms with van der Waals surface area (Å²) in [6.45, 7) is 0.660. The minimum atomic E-state index is -0.693. The van der Waals surface area contributed by atoms with E-state index in [0.29, 0.717) is 25.3 Å². The highest BCUT2D eigenvalue weighted by atomic mass is 16.4. The van der Waals surface area contributed by atoms with E-state index in [1.807, 2.05) is 4.90 Å². The lowest BCUT2D eigenvalue weighted by atomic mass is 9.90. The van der Waals surface area contributed by atoms with Crippen molar-refractivity contribution in [1.82, 2.24) is 4.90 Å². The molecule has 0 aromatic rings. The molecule has 2 aliphatic heterocycles. The number of fused-ring (bicyclic) bond motifs is 3. The molecule has 3 fully saturated rings. The number of rotatable bonds is 1. The van der Waals surface area contributed by atoms with Crippen molar-refractivity contribution in [2.75, 3.05) is 6.54 Å². The Hall–Kier alpha value is -1.06. The third kappa shape index (κ3) is 0.938. The maximum absolute atomic E-state index is 11.6. The first-order valence-electron chi connectivity index (χ1n) is 5.22. The average Bonchev–Trinajstić information content (AvgIpc) is 2.90. The van der Waals surface area contributed by atoms with E-state index in [1.165, 1.54) is 0 Å². The molecule has 1 N–H and O–H groups in total. The summed E-state index contributed by atoms with van der Waals surface area (Å²) in [4.78, 5) is 24.4. The molecule has 0 spiro atoms. The molecule has 2 heterocycles. The Labute approximate surface area is 81.9 Å². The lowest BCUT2D eigenvalue weighted by molar-refractivity contribution is -0.146. The van der Waals surface area contributed by atoms with Gasteiger partial charge >= 0.3 is 5.97 Å². The van der Waals surface area contributed by atoms with E-state index in [4.69, 9.17) is 5.11 Å². The molecule has 4 atom stereocenters. The number of carboxylic acids is 1. The Morgan fingerprint density at radius 2 is 2.21 bits per heavy atom. The number of carbonyl (C=O) groups excluding carboxylic acids is 1. The summed E-state index contributed by atoms with van der Waals surface area (Å²) in [6.07, 6.45) is 2.32. The Morgan fingerprint density at radius 3 is 2.93 bits per heavy atom. The van der Waals surface area contributed by atoms with Crippen molar-refractivity contribution in [1.29, 1.82) is 0 Å². The lowest BCUT2D eigenvalue weighted by Gasteiger charge is -2.35. The first kappa shape index (κ1) is 8.26. The van der Waals surface area contributed by atoms with Crippen LogP contribution in [0.4, 0.5) is 0 Å². The van der Waals surface area contributed by atoms with Crippen molar-refractivity contribution in [3.8, 4) is 0 Å². The third-order valence-corrected chi connectivity index (χ3v) is 3.93. The maximum Gasteiger partial charge on any atom is 0.306 e. The van der Waals surface area contributed by atoms with Crippen LogP contribution in [0, 0.1) is 17.8 Å². The van der Waals surface area contributed by atoms with Gasteiger partial charge in [0.1, 0.15) is 0 Å². The van der Waals surface area contributed by atoms with E-state index < -0.39 is 5.97 Å². The van der Waals surface area contributed by atoms with Gasteiger partial charge in [-0.3, -0.25) is 9.59 Å². The van der Waals surface area contributed by atoms with Crippen LogP contribution in [0.3, 0.4) is 0 Å². The highest BCUT2D eigenvalue weighted by Gasteiger charge is 2.59. The van der Waals surface area contributed by atoms with Crippen LogP contribution < -0.4 is 0 Å². The molecule has 1 aliphatic carbocycles. The molecular weight excluding hydrogens is 182 g/mol. The normalized spacial score (nSPS) is 44.6. The number of amides is 1. The number of hydrogen-bond donors (Lipinski definition) is 1. The largest absolute Gasteiger partial charge is 0.481 e. The van der Waals surface area contributed by atoms with Gasteiger partial charge in [-0.15, -0.1) is 0 Å². The van der Waals surface area contributed by atoms with Gasteiger partial charge in [-0.1, -0.05) is 0 Å². The molecule has 3 rings (SSSR count). The minimum Gasteiger partial charge on any atom is -0.481 e.